The summed E-state index contributed by atoms with van der Waals surface area (Å²) in [6.45, 7) is 4.15. The molecule has 66 valence electrons. The van der Waals surface area contributed by atoms with E-state index in [0.717, 1.165) is 5.69 Å². The summed E-state index contributed by atoms with van der Waals surface area (Å²) in [4.78, 5) is 0. The third kappa shape index (κ3) is 1.45. The molecule has 2 rings (SSSR count). The minimum atomic E-state index is 1.09. The zero-order valence-electron chi connectivity index (χ0n) is 7.73. The van der Waals surface area contributed by atoms with E-state index in [9.17, 15) is 0 Å². The van der Waals surface area contributed by atoms with Gasteiger partial charge < -0.3 is 0 Å². The van der Waals surface area contributed by atoms with Crippen molar-refractivity contribution in [1.82, 2.24) is 15.0 Å². The SMILES string of the molecule is Cc1ccc(-n2ccnn2)c(C)c1. The largest absolute Gasteiger partial charge is 0.221 e. The number of rotatable bonds is 1. The van der Waals surface area contributed by atoms with Crippen LogP contribution in [0.5, 0.6) is 0 Å². The maximum Gasteiger partial charge on any atom is 0.0697 e. The van der Waals surface area contributed by atoms with Crippen molar-refractivity contribution in [1.29, 1.82) is 0 Å². The molecule has 0 bridgehead atoms. The molecule has 2 aromatic rings. The van der Waals surface area contributed by atoms with Crippen molar-refractivity contribution >= 4 is 0 Å². The monoisotopic (exact) mass is 173 g/mol. The summed E-state index contributed by atoms with van der Waals surface area (Å²) in [6.07, 6.45) is 3.52. The standard InChI is InChI=1S/C10H11N3/c1-8-3-4-10(9(2)7-8)13-6-5-11-12-13/h3-7H,1-2H3. The Morgan fingerprint density at radius 2 is 2.08 bits per heavy atom. The van der Waals surface area contributed by atoms with Gasteiger partial charge in [-0.3, -0.25) is 0 Å². The van der Waals surface area contributed by atoms with Gasteiger partial charge in [0.2, 0.25) is 0 Å². The Hall–Kier alpha value is -1.64. The number of hydrogen-bond donors (Lipinski definition) is 0. The molecule has 1 aromatic heterocycles. The Labute approximate surface area is 77.0 Å². The number of hydrogen-bond acceptors (Lipinski definition) is 2. The maximum absolute atomic E-state index is 3.94. The fourth-order valence-electron chi connectivity index (χ4n) is 1.40. The molecule has 0 spiro atoms. The maximum atomic E-state index is 3.94. The summed E-state index contributed by atoms with van der Waals surface area (Å²) >= 11 is 0. The quantitative estimate of drug-likeness (QED) is 0.659. The van der Waals surface area contributed by atoms with Gasteiger partial charge in [0.05, 0.1) is 18.1 Å². The summed E-state index contributed by atoms with van der Waals surface area (Å²) < 4.78 is 1.77. The third-order valence-electron chi connectivity index (χ3n) is 2.02. The molecule has 0 saturated heterocycles. The number of aryl methyl sites for hydroxylation is 2. The van der Waals surface area contributed by atoms with Gasteiger partial charge in [-0.25, -0.2) is 4.68 Å². The van der Waals surface area contributed by atoms with Gasteiger partial charge in [-0.2, -0.15) is 0 Å². The molecule has 0 N–H and O–H groups in total. The van der Waals surface area contributed by atoms with Crippen LogP contribution < -0.4 is 0 Å². The molecule has 0 atom stereocenters. The summed E-state index contributed by atoms with van der Waals surface area (Å²) in [5, 5.41) is 7.72. The molecule has 0 radical (unpaired) electrons. The van der Waals surface area contributed by atoms with Crippen molar-refractivity contribution in [2.45, 2.75) is 13.8 Å². The lowest BCUT2D eigenvalue weighted by molar-refractivity contribution is 0.798. The van der Waals surface area contributed by atoms with Crippen molar-refractivity contribution < 1.29 is 0 Å². The van der Waals surface area contributed by atoms with Crippen LogP contribution in [0.2, 0.25) is 0 Å². The lowest BCUT2D eigenvalue weighted by atomic mass is 10.1. The molecule has 3 heteroatoms. The van der Waals surface area contributed by atoms with Gasteiger partial charge in [-0.15, -0.1) is 5.10 Å². The number of aromatic nitrogens is 3. The normalized spacial score (nSPS) is 10.3. The molecule has 0 aliphatic heterocycles. The van der Waals surface area contributed by atoms with Crippen LogP contribution in [0.3, 0.4) is 0 Å². The van der Waals surface area contributed by atoms with Crippen LogP contribution in [0.25, 0.3) is 5.69 Å². The molecule has 1 heterocycles. The van der Waals surface area contributed by atoms with E-state index in [0.29, 0.717) is 0 Å². The van der Waals surface area contributed by atoms with E-state index in [1.54, 1.807) is 10.9 Å². The van der Waals surface area contributed by atoms with Gasteiger partial charge in [0, 0.05) is 0 Å². The average molecular weight is 173 g/mol. The highest BCUT2D eigenvalue weighted by Gasteiger charge is 2.00. The minimum absolute atomic E-state index is 1.09. The van der Waals surface area contributed by atoms with E-state index in [1.165, 1.54) is 11.1 Å². The molecule has 0 unspecified atom stereocenters. The minimum Gasteiger partial charge on any atom is -0.221 e. The molecule has 0 saturated carbocycles. The first-order valence-corrected chi connectivity index (χ1v) is 4.21. The predicted octanol–water partition coefficient (Wildman–Crippen LogP) is 1.88. The Balaban J connectivity index is 2.53. The van der Waals surface area contributed by atoms with Gasteiger partial charge in [0.1, 0.15) is 0 Å². The molecule has 13 heavy (non-hydrogen) atoms. The van der Waals surface area contributed by atoms with Crippen LogP contribution in [-0.4, -0.2) is 15.0 Å². The first-order chi connectivity index (χ1) is 6.27. The lowest BCUT2D eigenvalue weighted by Crippen LogP contribution is -1.97. The topological polar surface area (TPSA) is 30.7 Å². The van der Waals surface area contributed by atoms with E-state index >= 15 is 0 Å². The molecule has 0 amide bonds. The first kappa shape index (κ1) is 7.98. The fraction of sp³-hybridized carbons (Fsp3) is 0.200. The molecule has 0 aliphatic rings. The highest BCUT2D eigenvalue weighted by molar-refractivity contribution is 5.41. The van der Waals surface area contributed by atoms with Crippen molar-refractivity contribution in [3.05, 3.63) is 41.7 Å². The smallest absolute Gasteiger partial charge is 0.0697 e. The number of nitrogens with zero attached hydrogens (tertiary/aromatic N) is 3. The first-order valence-electron chi connectivity index (χ1n) is 4.21. The van der Waals surface area contributed by atoms with Crippen LogP contribution in [0.4, 0.5) is 0 Å². The summed E-state index contributed by atoms with van der Waals surface area (Å²) in [6, 6.07) is 6.26. The van der Waals surface area contributed by atoms with Crippen molar-refractivity contribution in [2.24, 2.45) is 0 Å². The average Bonchev–Trinajstić information content (AvgIpc) is 2.56. The van der Waals surface area contributed by atoms with Gasteiger partial charge >= 0.3 is 0 Å². The van der Waals surface area contributed by atoms with E-state index in [-0.39, 0.29) is 0 Å². The molecule has 0 aliphatic carbocycles. The second-order valence-electron chi connectivity index (χ2n) is 3.14. The van der Waals surface area contributed by atoms with Crippen molar-refractivity contribution in [2.75, 3.05) is 0 Å². The van der Waals surface area contributed by atoms with E-state index in [1.807, 2.05) is 6.20 Å². The Kier molecular flexibility index (Phi) is 1.85. The number of benzene rings is 1. The molecule has 0 fully saturated rings. The zero-order chi connectivity index (χ0) is 9.26. The van der Waals surface area contributed by atoms with Crippen molar-refractivity contribution in [3.8, 4) is 5.69 Å². The van der Waals surface area contributed by atoms with Crippen LogP contribution in [-0.2, 0) is 0 Å². The van der Waals surface area contributed by atoms with Gasteiger partial charge in [-0.1, -0.05) is 22.9 Å². The Morgan fingerprint density at radius 3 is 2.69 bits per heavy atom. The second-order valence-corrected chi connectivity index (χ2v) is 3.14. The Morgan fingerprint density at radius 1 is 1.23 bits per heavy atom. The predicted molar refractivity (Wildman–Crippen MR) is 50.8 cm³/mol. The second kappa shape index (κ2) is 3.01. The van der Waals surface area contributed by atoms with Gasteiger partial charge in [0.25, 0.3) is 0 Å². The van der Waals surface area contributed by atoms with Crippen LogP contribution >= 0.6 is 0 Å². The van der Waals surface area contributed by atoms with Crippen molar-refractivity contribution in [3.63, 3.8) is 0 Å². The lowest BCUT2D eigenvalue weighted by Gasteiger charge is -2.04. The van der Waals surface area contributed by atoms with Gasteiger partial charge in [-0.05, 0) is 25.5 Å². The molecular weight excluding hydrogens is 162 g/mol. The van der Waals surface area contributed by atoms with Crippen LogP contribution in [0.1, 0.15) is 11.1 Å². The summed E-state index contributed by atoms with van der Waals surface area (Å²) in [7, 11) is 0. The fourth-order valence-corrected chi connectivity index (χ4v) is 1.40. The highest BCUT2D eigenvalue weighted by atomic mass is 15.4. The zero-order valence-corrected chi connectivity index (χ0v) is 7.73. The van der Waals surface area contributed by atoms with Gasteiger partial charge in [0.15, 0.2) is 0 Å². The van der Waals surface area contributed by atoms with Crippen LogP contribution in [0.15, 0.2) is 30.6 Å². The highest BCUT2D eigenvalue weighted by Crippen LogP contribution is 2.13. The third-order valence-corrected chi connectivity index (χ3v) is 2.02. The Bertz CT molecular complexity index is 404. The molecule has 3 nitrogen and oxygen atoms in total. The van der Waals surface area contributed by atoms with E-state index in [2.05, 4.69) is 42.4 Å². The van der Waals surface area contributed by atoms with E-state index < -0.39 is 0 Å². The van der Waals surface area contributed by atoms with E-state index in [4.69, 9.17) is 0 Å². The summed E-state index contributed by atoms with van der Waals surface area (Å²) in [5.74, 6) is 0. The summed E-state index contributed by atoms with van der Waals surface area (Å²) in [5.41, 5.74) is 3.56. The van der Waals surface area contributed by atoms with Crippen LogP contribution in [0, 0.1) is 13.8 Å². The molecule has 1 aromatic carbocycles. The molecular formula is C10H11N3.